The van der Waals surface area contributed by atoms with Gasteiger partial charge in [0.2, 0.25) is 0 Å². The SMILES string of the molecule is Cc1cc(OC(C)C(=O)Nc2c(C(C)C)cccc2C(C)C)cc(C)c1Cl. The highest BCUT2D eigenvalue weighted by atomic mass is 35.5. The van der Waals surface area contributed by atoms with Crippen molar-refractivity contribution in [3.8, 4) is 5.75 Å². The van der Waals surface area contributed by atoms with E-state index in [2.05, 4.69) is 51.2 Å². The number of amides is 1. The van der Waals surface area contributed by atoms with Crippen LogP contribution in [0.15, 0.2) is 30.3 Å². The van der Waals surface area contributed by atoms with Crippen molar-refractivity contribution in [1.29, 1.82) is 0 Å². The summed E-state index contributed by atoms with van der Waals surface area (Å²) in [7, 11) is 0. The molecule has 0 bridgehead atoms. The maximum Gasteiger partial charge on any atom is 0.265 e. The molecule has 0 radical (unpaired) electrons. The number of ether oxygens (including phenoxy) is 1. The molecule has 0 saturated carbocycles. The molecule has 2 rings (SSSR count). The van der Waals surface area contributed by atoms with Gasteiger partial charge < -0.3 is 10.1 Å². The molecule has 0 aliphatic rings. The molecular formula is C23H30ClNO2. The molecule has 0 spiro atoms. The molecule has 1 N–H and O–H groups in total. The van der Waals surface area contributed by atoms with E-state index in [-0.39, 0.29) is 5.91 Å². The summed E-state index contributed by atoms with van der Waals surface area (Å²) < 4.78 is 5.90. The molecule has 0 heterocycles. The number of benzene rings is 2. The van der Waals surface area contributed by atoms with Crippen molar-refractivity contribution in [2.24, 2.45) is 0 Å². The quantitative estimate of drug-likeness (QED) is 0.605. The number of hydrogen-bond donors (Lipinski definition) is 1. The van der Waals surface area contributed by atoms with Gasteiger partial charge in [-0.25, -0.2) is 0 Å². The van der Waals surface area contributed by atoms with Gasteiger partial charge in [-0.15, -0.1) is 0 Å². The Labute approximate surface area is 168 Å². The Morgan fingerprint density at radius 1 is 0.963 bits per heavy atom. The van der Waals surface area contributed by atoms with E-state index in [4.69, 9.17) is 16.3 Å². The zero-order chi connectivity index (χ0) is 20.3. The fraction of sp³-hybridized carbons (Fsp3) is 0.435. The Kier molecular flexibility index (Phi) is 6.94. The van der Waals surface area contributed by atoms with Crippen LogP contribution in [0.1, 0.15) is 68.7 Å². The largest absolute Gasteiger partial charge is 0.481 e. The lowest BCUT2D eigenvalue weighted by molar-refractivity contribution is -0.122. The van der Waals surface area contributed by atoms with Crippen LogP contribution >= 0.6 is 11.6 Å². The Balaban J connectivity index is 2.24. The van der Waals surface area contributed by atoms with Gasteiger partial charge in [-0.2, -0.15) is 0 Å². The van der Waals surface area contributed by atoms with Crippen molar-refractivity contribution in [3.05, 3.63) is 57.6 Å². The minimum atomic E-state index is -0.620. The summed E-state index contributed by atoms with van der Waals surface area (Å²) in [6, 6.07) is 9.92. The number of hydrogen-bond acceptors (Lipinski definition) is 2. The molecule has 2 aromatic rings. The van der Waals surface area contributed by atoms with Crippen LogP contribution in [0.2, 0.25) is 5.02 Å². The van der Waals surface area contributed by atoms with Crippen LogP contribution in [0.3, 0.4) is 0 Å². The molecule has 1 amide bonds. The third-order valence-electron chi connectivity index (χ3n) is 4.71. The monoisotopic (exact) mass is 387 g/mol. The molecule has 0 fully saturated rings. The van der Waals surface area contributed by atoms with Crippen molar-refractivity contribution in [2.75, 3.05) is 5.32 Å². The first-order chi connectivity index (χ1) is 12.6. The zero-order valence-corrected chi connectivity index (χ0v) is 18.1. The van der Waals surface area contributed by atoms with E-state index in [1.165, 1.54) is 0 Å². The molecule has 0 aliphatic heterocycles. The zero-order valence-electron chi connectivity index (χ0n) is 17.3. The maximum atomic E-state index is 12.8. The Bertz CT molecular complexity index is 778. The van der Waals surface area contributed by atoms with Crippen LogP contribution < -0.4 is 10.1 Å². The number of carbonyl (C=O) groups is 1. The predicted molar refractivity (Wildman–Crippen MR) is 114 cm³/mol. The van der Waals surface area contributed by atoms with Gasteiger partial charge in [0.05, 0.1) is 0 Å². The Hall–Kier alpha value is -2.00. The lowest BCUT2D eigenvalue weighted by Crippen LogP contribution is -2.31. The van der Waals surface area contributed by atoms with E-state index >= 15 is 0 Å². The van der Waals surface area contributed by atoms with Gasteiger partial charge in [-0.3, -0.25) is 4.79 Å². The van der Waals surface area contributed by atoms with Gasteiger partial charge in [0.25, 0.3) is 5.91 Å². The molecule has 146 valence electrons. The normalized spacial score (nSPS) is 12.4. The molecule has 1 unspecified atom stereocenters. The van der Waals surface area contributed by atoms with Crippen LogP contribution in [-0.2, 0) is 4.79 Å². The molecule has 27 heavy (non-hydrogen) atoms. The lowest BCUT2D eigenvalue weighted by Gasteiger charge is -2.22. The highest BCUT2D eigenvalue weighted by molar-refractivity contribution is 6.32. The maximum absolute atomic E-state index is 12.8. The number of aryl methyl sites for hydroxylation is 2. The standard InChI is InChI=1S/C23H30ClNO2/c1-13(2)19-9-8-10-20(14(3)4)22(19)25-23(26)17(7)27-18-11-15(5)21(24)16(6)12-18/h8-14,17H,1-7H3,(H,25,26). The lowest BCUT2D eigenvalue weighted by atomic mass is 9.92. The van der Waals surface area contributed by atoms with Crippen LogP contribution in [0.4, 0.5) is 5.69 Å². The average molecular weight is 388 g/mol. The van der Waals surface area contributed by atoms with Crippen molar-refractivity contribution in [3.63, 3.8) is 0 Å². The molecule has 0 aliphatic carbocycles. The molecular weight excluding hydrogens is 358 g/mol. The minimum absolute atomic E-state index is 0.157. The van der Waals surface area contributed by atoms with E-state index in [9.17, 15) is 4.79 Å². The van der Waals surface area contributed by atoms with E-state index in [0.717, 1.165) is 33.0 Å². The average Bonchev–Trinajstić information content (AvgIpc) is 2.59. The smallest absolute Gasteiger partial charge is 0.265 e. The van der Waals surface area contributed by atoms with Gasteiger partial charge >= 0.3 is 0 Å². The molecule has 1 atom stereocenters. The fourth-order valence-electron chi connectivity index (χ4n) is 3.15. The predicted octanol–water partition coefficient (Wildman–Crippen LogP) is 6.61. The van der Waals surface area contributed by atoms with Crippen LogP contribution in [0.5, 0.6) is 5.75 Å². The number of carbonyl (C=O) groups excluding carboxylic acids is 1. The number of anilines is 1. The summed E-state index contributed by atoms with van der Waals surface area (Å²) >= 11 is 6.22. The highest BCUT2D eigenvalue weighted by Crippen LogP contribution is 2.33. The van der Waals surface area contributed by atoms with E-state index < -0.39 is 6.10 Å². The summed E-state index contributed by atoms with van der Waals surface area (Å²) in [5.74, 6) is 1.13. The number of rotatable bonds is 6. The minimum Gasteiger partial charge on any atom is -0.481 e. The van der Waals surface area contributed by atoms with Crippen molar-refractivity contribution < 1.29 is 9.53 Å². The first-order valence-electron chi connectivity index (χ1n) is 9.48. The Morgan fingerprint density at radius 2 is 1.44 bits per heavy atom. The number of nitrogens with one attached hydrogen (secondary N) is 1. The third-order valence-corrected chi connectivity index (χ3v) is 5.31. The summed E-state index contributed by atoms with van der Waals surface area (Å²) in [6.07, 6.45) is -0.620. The van der Waals surface area contributed by atoms with Crippen molar-refractivity contribution in [1.82, 2.24) is 0 Å². The molecule has 0 saturated heterocycles. The van der Waals surface area contributed by atoms with Crippen LogP contribution in [0.25, 0.3) is 0 Å². The first-order valence-corrected chi connectivity index (χ1v) is 9.86. The summed E-state index contributed by atoms with van der Waals surface area (Å²) in [6.45, 7) is 14.2. The Morgan fingerprint density at radius 3 is 1.89 bits per heavy atom. The molecule has 3 nitrogen and oxygen atoms in total. The highest BCUT2D eigenvalue weighted by Gasteiger charge is 2.20. The van der Waals surface area contributed by atoms with Gasteiger partial charge in [0.1, 0.15) is 5.75 Å². The number of para-hydroxylation sites is 1. The molecule has 2 aromatic carbocycles. The molecule has 4 heteroatoms. The number of halogens is 1. The summed E-state index contributed by atoms with van der Waals surface area (Å²) in [5, 5.41) is 3.84. The topological polar surface area (TPSA) is 38.3 Å². The summed E-state index contributed by atoms with van der Waals surface area (Å²) in [5.41, 5.74) is 5.06. The van der Waals surface area contributed by atoms with Gasteiger partial charge in [-0.1, -0.05) is 57.5 Å². The summed E-state index contributed by atoms with van der Waals surface area (Å²) in [4.78, 5) is 12.8. The van der Waals surface area contributed by atoms with Gasteiger partial charge in [0, 0.05) is 10.7 Å². The third kappa shape index (κ3) is 5.04. The molecule has 0 aromatic heterocycles. The van der Waals surface area contributed by atoms with E-state index in [0.29, 0.717) is 17.6 Å². The second-order valence-corrected chi connectivity index (χ2v) is 8.12. The van der Waals surface area contributed by atoms with E-state index in [1.54, 1.807) is 6.92 Å². The second kappa shape index (κ2) is 8.79. The van der Waals surface area contributed by atoms with Crippen molar-refractivity contribution in [2.45, 2.75) is 66.4 Å². The van der Waals surface area contributed by atoms with Gasteiger partial charge in [-0.05, 0) is 67.0 Å². The van der Waals surface area contributed by atoms with Crippen LogP contribution in [-0.4, -0.2) is 12.0 Å². The van der Waals surface area contributed by atoms with Gasteiger partial charge in [0.15, 0.2) is 6.10 Å². The fourth-order valence-corrected chi connectivity index (χ4v) is 3.26. The van der Waals surface area contributed by atoms with Crippen molar-refractivity contribution >= 4 is 23.2 Å². The van der Waals surface area contributed by atoms with E-state index in [1.807, 2.05) is 26.0 Å². The second-order valence-electron chi connectivity index (χ2n) is 7.74. The first kappa shape index (κ1) is 21.3. The van der Waals surface area contributed by atoms with Crippen LogP contribution in [0, 0.1) is 13.8 Å².